The van der Waals surface area contributed by atoms with Gasteiger partial charge in [-0.2, -0.15) is 0 Å². The molecule has 0 unspecified atom stereocenters. The van der Waals surface area contributed by atoms with Crippen molar-refractivity contribution >= 4 is 10.0 Å². The fourth-order valence-electron chi connectivity index (χ4n) is 1.65. The summed E-state index contributed by atoms with van der Waals surface area (Å²) >= 11 is 0. The molecule has 0 aromatic carbocycles. The molecule has 0 aliphatic carbocycles. The van der Waals surface area contributed by atoms with Crippen LogP contribution in [0.2, 0.25) is 0 Å². The number of ether oxygens (including phenoxy) is 1. The van der Waals surface area contributed by atoms with Crippen LogP contribution in [0.4, 0.5) is 0 Å². The van der Waals surface area contributed by atoms with E-state index in [1.807, 2.05) is 0 Å². The molecule has 0 radical (unpaired) electrons. The number of rotatable bonds is 4. The number of sulfonamides is 1. The number of nitrogens with zero attached hydrogens (tertiary/aromatic N) is 1. The van der Waals surface area contributed by atoms with E-state index in [2.05, 4.69) is 5.32 Å². The Bertz CT molecular complexity index is 271. The highest BCUT2D eigenvalue weighted by molar-refractivity contribution is 7.89. The molecule has 0 amide bonds. The smallest absolute Gasteiger partial charge is 0.219 e. The van der Waals surface area contributed by atoms with Crippen LogP contribution < -0.4 is 5.32 Å². The summed E-state index contributed by atoms with van der Waals surface area (Å²) in [5.41, 5.74) is 0. The summed E-state index contributed by atoms with van der Waals surface area (Å²) in [7, 11) is -1.66. The quantitative estimate of drug-likeness (QED) is 0.724. The zero-order valence-corrected chi connectivity index (χ0v) is 10.2. The molecule has 1 aliphatic rings. The van der Waals surface area contributed by atoms with Crippen molar-refractivity contribution < 1.29 is 13.2 Å². The lowest BCUT2D eigenvalue weighted by Gasteiger charge is -2.23. The second-order valence-electron chi connectivity index (χ2n) is 3.81. The third-order valence-corrected chi connectivity index (χ3v) is 4.81. The highest BCUT2D eigenvalue weighted by Crippen LogP contribution is 2.10. The van der Waals surface area contributed by atoms with Gasteiger partial charge in [-0.3, -0.25) is 0 Å². The molecule has 5 nitrogen and oxygen atoms in total. The molecule has 15 heavy (non-hydrogen) atoms. The van der Waals surface area contributed by atoms with Crippen molar-refractivity contribution in [2.45, 2.75) is 18.6 Å². The van der Waals surface area contributed by atoms with E-state index in [1.54, 1.807) is 11.2 Å². The molecule has 0 bridgehead atoms. The van der Waals surface area contributed by atoms with Gasteiger partial charge >= 0.3 is 0 Å². The second-order valence-corrected chi connectivity index (χ2v) is 6.16. The minimum absolute atomic E-state index is 0.256. The second kappa shape index (κ2) is 5.79. The molecule has 0 spiro atoms. The van der Waals surface area contributed by atoms with E-state index in [-0.39, 0.29) is 6.61 Å². The van der Waals surface area contributed by atoms with E-state index in [9.17, 15) is 8.42 Å². The summed E-state index contributed by atoms with van der Waals surface area (Å²) in [6, 6.07) is 0. The van der Waals surface area contributed by atoms with E-state index in [0.717, 1.165) is 19.5 Å². The molecule has 0 aromatic heterocycles. The van der Waals surface area contributed by atoms with E-state index in [0.29, 0.717) is 13.1 Å². The summed E-state index contributed by atoms with van der Waals surface area (Å²) in [6.07, 6.45) is 0.874. The van der Waals surface area contributed by atoms with Gasteiger partial charge in [0, 0.05) is 26.7 Å². The highest BCUT2D eigenvalue weighted by atomic mass is 32.2. The lowest BCUT2D eigenvalue weighted by molar-refractivity contribution is 0.198. The maximum absolute atomic E-state index is 12.0. The average Bonchev–Trinajstić information content (AvgIpc) is 2.46. The molecule has 90 valence electrons. The van der Waals surface area contributed by atoms with Crippen molar-refractivity contribution in [1.29, 1.82) is 0 Å². The van der Waals surface area contributed by atoms with Crippen LogP contribution in [0.1, 0.15) is 13.3 Å². The number of nitrogens with one attached hydrogen (secondary N) is 1. The summed E-state index contributed by atoms with van der Waals surface area (Å²) in [5, 5.41) is 2.73. The molecular formula is C9H20N2O3S. The van der Waals surface area contributed by atoms with E-state index in [4.69, 9.17) is 4.74 Å². The number of hydrogen-bond donors (Lipinski definition) is 1. The van der Waals surface area contributed by atoms with Crippen LogP contribution in [0.5, 0.6) is 0 Å². The van der Waals surface area contributed by atoms with Crippen molar-refractivity contribution in [3.05, 3.63) is 0 Å². The van der Waals surface area contributed by atoms with Crippen LogP contribution in [0, 0.1) is 0 Å². The minimum Gasteiger partial charge on any atom is -0.383 e. The molecule has 0 aromatic rings. The van der Waals surface area contributed by atoms with Crippen molar-refractivity contribution in [2.75, 3.05) is 39.9 Å². The first-order chi connectivity index (χ1) is 7.09. The van der Waals surface area contributed by atoms with Gasteiger partial charge in [-0.05, 0) is 19.9 Å². The maximum atomic E-state index is 12.0. The topological polar surface area (TPSA) is 58.6 Å². The molecule has 0 saturated carbocycles. The van der Waals surface area contributed by atoms with Gasteiger partial charge in [0.2, 0.25) is 10.0 Å². The molecular weight excluding hydrogens is 216 g/mol. The van der Waals surface area contributed by atoms with Crippen LogP contribution in [0.25, 0.3) is 0 Å². The Balaban J connectivity index is 2.66. The zero-order chi connectivity index (χ0) is 11.3. The van der Waals surface area contributed by atoms with Crippen LogP contribution in [0.3, 0.4) is 0 Å². The number of hydrogen-bond acceptors (Lipinski definition) is 4. The fourth-order valence-corrected chi connectivity index (χ4v) is 3.20. The SMILES string of the molecule is COC[C@H](C)S(=O)(=O)N1CCCNCC1. The third kappa shape index (κ3) is 3.41. The van der Waals surface area contributed by atoms with Crippen molar-refractivity contribution in [2.24, 2.45) is 0 Å². The molecule has 1 heterocycles. The molecule has 1 rings (SSSR count). The van der Waals surface area contributed by atoms with E-state index >= 15 is 0 Å². The predicted molar refractivity (Wildman–Crippen MR) is 59.3 cm³/mol. The number of methoxy groups -OCH3 is 1. The monoisotopic (exact) mass is 236 g/mol. The van der Waals surface area contributed by atoms with Crippen LogP contribution in [0.15, 0.2) is 0 Å². The minimum atomic E-state index is -3.18. The van der Waals surface area contributed by atoms with Gasteiger partial charge < -0.3 is 10.1 Å². The van der Waals surface area contributed by atoms with Crippen LogP contribution >= 0.6 is 0 Å². The van der Waals surface area contributed by atoms with Gasteiger partial charge in [0.1, 0.15) is 0 Å². The molecule has 1 atom stereocenters. The largest absolute Gasteiger partial charge is 0.383 e. The first-order valence-electron chi connectivity index (χ1n) is 5.27. The van der Waals surface area contributed by atoms with E-state index < -0.39 is 15.3 Å². The highest BCUT2D eigenvalue weighted by Gasteiger charge is 2.28. The maximum Gasteiger partial charge on any atom is 0.219 e. The summed E-state index contributed by atoms with van der Waals surface area (Å²) in [5.74, 6) is 0. The fraction of sp³-hybridized carbons (Fsp3) is 1.00. The molecule has 1 aliphatic heterocycles. The average molecular weight is 236 g/mol. The van der Waals surface area contributed by atoms with Gasteiger partial charge in [-0.15, -0.1) is 0 Å². The Hall–Kier alpha value is -0.170. The third-order valence-electron chi connectivity index (χ3n) is 2.57. The summed E-state index contributed by atoms with van der Waals surface area (Å²) < 4.78 is 30.5. The van der Waals surface area contributed by atoms with Gasteiger partial charge in [0.25, 0.3) is 0 Å². The first kappa shape index (κ1) is 12.9. The zero-order valence-electron chi connectivity index (χ0n) is 9.40. The lowest BCUT2D eigenvalue weighted by atomic mass is 10.4. The lowest BCUT2D eigenvalue weighted by Crippen LogP contribution is -2.41. The Morgan fingerprint density at radius 1 is 1.40 bits per heavy atom. The normalized spacial score (nSPS) is 22.3. The van der Waals surface area contributed by atoms with E-state index in [1.165, 1.54) is 7.11 Å². The van der Waals surface area contributed by atoms with Crippen molar-refractivity contribution in [3.63, 3.8) is 0 Å². The van der Waals surface area contributed by atoms with Crippen LogP contribution in [-0.4, -0.2) is 57.9 Å². The van der Waals surface area contributed by atoms with Crippen molar-refractivity contribution in [1.82, 2.24) is 9.62 Å². The van der Waals surface area contributed by atoms with Crippen LogP contribution in [-0.2, 0) is 14.8 Å². The van der Waals surface area contributed by atoms with Gasteiger partial charge in [0.15, 0.2) is 0 Å². The Kier molecular flexibility index (Phi) is 4.98. The summed E-state index contributed by atoms with van der Waals surface area (Å²) in [4.78, 5) is 0. The summed E-state index contributed by atoms with van der Waals surface area (Å²) in [6.45, 7) is 4.76. The molecule has 6 heteroatoms. The Morgan fingerprint density at radius 3 is 2.80 bits per heavy atom. The molecule has 1 saturated heterocycles. The molecule has 1 fully saturated rings. The van der Waals surface area contributed by atoms with Crippen molar-refractivity contribution in [3.8, 4) is 0 Å². The van der Waals surface area contributed by atoms with Gasteiger partial charge in [0.05, 0.1) is 11.9 Å². The Morgan fingerprint density at radius 2 is 2.13 bits per heavy atom. The van der Waals surface area contributed by atoms with Gasteiger partial charge in [-0.1, -0.05) is 0 Å². The predicted octanol–water partition coefficient (Wildman–Crippen LogP) is -0.354. The standard InChI is InChI=1S/C9H20N2O3S/c1-9(8-14-2)15(12,13)11-6-3-4-10-5-7-11/h9-10H,3-8H2,1-2H3/t9-/m0/s1. The Labute approximate surface area is 91.8 Å². The molecule has 1 N–H and O–H groups in total. The van der Waals surface area contributed by atoms with Gasteiger partial charge in [-0.25, -0.2) is 12.7 Å². The first-order valence-corrected chi connectivity index (χ1v) is 6.78.